The minimum absolute atomic E-state index is 0.397. The molecule has 1 spiro atoms. The van der Waals surface area contributed by atoms with Crippen LogP contribution in [0.4, 0.5) is 0 Å². The highest BCUT2D eigenvalue weighted by molar-refractivity contribution is 5.77. The van der Waals surface area contributed by atoms with E-state index in [9.17, 15) is 0 Å². The van der Waals surface area contributed by atoms with E-state index < -0.39 is 0 Å². The van der Waals surface area contributed by atoms with Crippen molar-refractivity contribution in [3.63, 3.8) is 0 Å². The van der Waals surface area contributed by atoms with Crippen molar-refractivity contribution in [3.8, 4) is 0 Å². The van der Waals surface area contributed by atoms with Gasteiger partial charge in [0.1, 0.15) is 5.76 Å². The number of nitrogens with one attached hydrogen (secondary N) is 1. The Balaban J connectivity index is 1.99. The Hall–Kier alpha value is -1.02. The second-order valence-electron chi connectivity index (χ2n) is 5.01. The summed E-state index contributed by atoms with van der Waals surface area (Å²) in [6, 6.07) is 2.69. The molecule has 78 valence electrons. The maximum absolute atomic E-state index is 5.67. The number of allylic oxidation sites excluding steroid dienone is 1. The molecule has 2 aliphatic carbocycles. The van der Waals surface area contributed by atoms with E-state index in [2.05, 4.69) is 17.5 Å². The normalized spacial score (nSPS) is 37.1. The first kappa shape index (κ1) is 8.17. The van der Waals surface area contributed by atoms with Crippen LogP contribution in [0.25, 0.3) is 5.57 Å². The fourth-order valence-corrected chi connectivity index (χ4v) is 3.83. The van der Waals surface area contributed by atoms with Gasteiger partial charge in [0.25, 0.3) is 0 Å². The van der Waals surface area contributed by atoms with Crippen molar-refractivity contribution in [1.82, 2.24) is 5.32 Å². The molecule has 2 nitrogen and oxygen atoms in total. The average molecular weight is 201 g/mol. The van der Waals surface area contributed by atoms with E-state index >= 15 is 0 Å². The van der Waals surface area contributed by atoms with Gasteiger partial charge in [-0.15, -0.1) is 0 Å². The molecule has 0 saturated carbocycles. The van der Waals surface area contributed by atoms with E-state index in [1.165, 1.54) is 42.6 Å². The van der Waals surface area contributed by atoms with Crippen LogP contribution in [0.2, 0.25) is 0 Å². The van der Waals surface area contributed by atoms with Gasteiger partial charge in [0.15, 0.2) is 0 Å². The second kappa shape index (κ2) is 2.56. The molecule has 2 heterocycles. The van der Waals surface area contributed by atoms with Crippen LogP contribution < -0.4 is 5.32 Å². The van der Waals surface area contributed by atoms with Gasteiger partial charge >= 0.3 is 0 Å². The molecule has 1 aromatic rings. The molecule has 1 saturated heterocycles. The first-order chi connectivity index (χ1) is 7.42. The Morgan fingerprint density at radius 2 is 2.40 bits per heavy atom. The van der Waals surface area contributed by atoms with Gasteiger partial charge in [-0.05, 0) is 43.9 Å². The number of fused-ring (bicyclic) bond motifs is 3. The molecule has 3 aliphatic rings. The minimum Gasteiger partial charge on any atom is -0.464 e. The number of furan rings is 1. The van der Waals surface area contributed by atoms with Gasteiger partial charge in [0.2, 0.25) is 0 Å². The smallest absolute Gasteiger partial charge is 0.134 e. The van der Waals surface area contributed by atoms with Crippen molar-refractivity contribution in [1.29, 1.82) is 0 Å². The summed E-state index contributed by atoms with van der Waals surface area (Å²) in [6.07, 6.45) is 9.44. The summed E-state index contributed by atoms with van der Waals surface area (Å²) in [5, 5.41) is 3.65. The third-order valence-corrected chi connectivity index (χ3v) is 4.44. The van der Waals surface area contributed by atoms with Crippen LogP contribution in [-0.4, -0.2) is 6.54 Å². The zero-order chi connectivity index (χ0) is 9.88. The molecule has 0 radical (unpaired) electrons. The van der Waals surface area contributed by atoms with Crippen molar-refractivity contribution >= 4 is 5.57 Å². The Labute approximate surface area is 89.4 Å². The predicted molar refractivity (Wildman–Crippen MR) is 58.3 cm³/mol. The maximum atomic E-state index is 5.67. The number of hydrogen-bond donors (Lipinski definition) is 1. The maximum Gasteiger partial charge on any atom is 0.134 e. The molecule has 1 fully saturated rings. The summed E-state index contributed by atoms with van der Waals surface area (Å²) in [5.74, 6) is 1.17. The summed E-state index contributed by atoms with van der Waals surface area (Å²) in [7, 11) is 0. The van der Waals surface area contributed by atoms with E-state index in [0.29, 0.717) is 11.5 Å². The Morgan fingerprint density at radius 1 is 1.40 bits per heavy atom. The molecule has 2 atom stereocenters. The van der Waals surface area contributed by atoms with E-state index in [1.54, 1.807) is 0 Å². The van der Waals surface area contributed by atoms with Crippen molar-refractivity contribution < 1.29 is 4.42 Å². The third-order valence-electron chi connectivity index (χ3n) is 4.44. The standard InChI is InChI=1S/C13H15NO/c1-2-5-13-6-7-14-12(13)9-4-8-15-11(9)10(13)3-1/h3-4,8,12,14H,1-2,5-7H2/t12-,13+/m0/s1. The molecule has 0 amide bonds. The zero-order valence-corrected chi connectivity index (χ0v) is 8.75. The SMILES string of the molecule is C1=C2c3occc3[C@@H]3NCC[C@]23CCC1. The van der Waals surface area contributed by atoms with Crippen LogP contribution in [-0.2, 0) is 0 Å². The summed E-state index contributed by atoms with van der Waals surface area (Å²) in [4.78, 5) is 0. The topological polar surface area (TPSA) is 25.2 Å². The fourth-order valence-electron chi connectivity index (χ4n) is 3.83. The van der Waals surface area contributed by atoms with Crippen LogP contribution >= 0.6 is 0 Å². The fraction of sp³-hybridized carbons (Fsp3) is 0.538. The lowest BCUT2D eigenvalue weighted by Crippen LogP contribution is -2.26. The molecule has 4 rings (SSSR count). The number of hydrogen-bond acceptors (Lipinski definition) is 2. The molecule has 0 aromatic carbocycles. The minimum atomic E-state index is 0.397. The largest absolute Gasteiger partial charge is 0.464 e. The van der Waals surface area contributed by atoms with E-state index in [1.807, 2.05) is 6.26 Å². The molecule has 1 N–H and O–H groups in total. The quantitative estimate of drug-likeness (QED) is 0.698. The van der Waals surface area contributed by atoms with E-state index in [0.717, 1.165) is 6.54 Å². The second-order valence-corrected chi connectivity index (χ2v) is 5.01. The highest BCUT2D eigenvalue weighted by atomic mass is 16.3. The Kier molecular flexibility index (Phi) is 1.39. The van der Waals surface area contributed by atoms with Gasteiger partial charge in [-0.25, -0.2) is 0 Å². The third kappa shape index (κ3) is 0.809. The molecule has 2 heteroatoms. The lowest BCUT2D eigenvalue weighted by atomic mass is 9.71. The summed E-state index contributed by atoms with van der Waals surface area (Å²) in [5.41, 5.74) is 3.30. The van der Waals surface area contributed by atoms with Gasteiger partial charge in [-0.3, -0.25) is 0 Å². The van der Waals surface area contributed by atoms with Crippen LogP contribution in [0.5, 0.6) is 0 Å². The van der Waals surface area contributed by atoms with Gasteiger partial charge < -0.3 is 9.73 Å². The van der Waals surface area contributed by atoms with Crippen LogP contribution in [0, 0.1) is 5.41 Å². The Bertz CT molecular complexity index is 445. The van der Waals surface area contributed by atoms with Crippen molar-refractivity contribution in [2.75, 3.05) is 6.54 Å². The summed E-state index contributed by atoms with van der Waals surface area (Å²) in [6.45, 7) is 1.16. The first-order valence-corrected chi connectivity index (χ1v) is 5.94. The number of rotatable bonds is 0. The van der Waals surface area contributed by atoms with Crippen molar-refractivity contribution in [2.45, 2.75) is 31.7 Å². The molecular formula is C13H15NO. The first-order valence-electron chi connectivity index (χ1n) is 5.94. The lowest BCUT2D eigenvalue weighted by molar-refractivity contribution is 0.320. The van der Waals surface area contributed by atoms with Gasteiger partial charge in [0, 0.05) is 17.0 Å². The van der Waals surface area contributed by atoms with Gasteiger partial charge in [-0.1, -0.05) is 6.08 Å². The molecule has 15 heavy (non-hydrogen) atoms. The average Bonchev–Trinajstić information content (AvgIpc) is 2.87. The Morgan fingerprint density at radius 3 is 3.40 bits per heavy atom. The van der Waals surface area contributed by atoms with Crippen molar-refractivity contribution in [2.24, 2.45) is 5.41 Å². The van der Waals surface area contributed by atoms with Crippen molar-refractivity contribution in [3.05, 3.63) is 29.7 Å². The predicted octanol–water partition coefficient (Wildman–Crippen LogP) is 2.88. The monoisotopic (exact) mass is 201 g/mol. The van der Waals surface area contributed by atoms with Gasteiger partial charge in [0.05, 0.1) is 6.26 Å². The molecule has 1 aliphatic heterocycles. The summed E-state index contributed by atoms with van der Waals surface area (Å²) < 4.78 is 5.67. The summed E-state index contributed by atoms with van der Waals surface area (Å²) >= 11 is 0. The van der Waals surface area contributed by atoms with Gasteiger partial charge in [-0.2, -0.15) is 0 Å². The van der Waals surface area contributed by atoms with Crippen LogP contribution in [0.15, 0.2) is 22.8 Å². The lowest BCUT2D eigenvalue weighted by Gasteiger charge is -2.33. The highest BCUT2D eigenvalue weighted by Gasteiger charge is 2.54. The molecule has 0 bridgehead atoms. The van der Waals surface area contributed by atoms with E-state index in [-0.39, 0.29) is 0 Å². The zero-order valence-electron chi connectivity index (χ0n) is 8.75. The highest BCUT2D eigenvalue weighted by Crippen LogP contribution is 2.62. The van der Waals surface area contributed by atoms with Crippen LogP contribution in [0.1, 0.15) is 43.0 Å². The molecule has 1 aromatic heterocycles. The molecule has 0 unspecified atom stereocenters. The van der Waals surface area contributed by atoms with E-state index in [4.69, 9.17) is 4.42 Å². The molecular weight excluding hydrogens is 186 g/mol. The van der Waals surface area contributed by atoms with Crippen LogP contribution in [0.3, 0.4) is 0 Å².